The Hall–Kier alpha value is -0.120. The number of aliphatic hydroxyl groups is 1. The third-order valence-electron chi connectivity index (χ3n) is 5.45. The smallest absolute Gasteiger partial charge is 0.0746 e. The molecular formula is C15H27NO2. The van der Waals surface area contributed by atoms with Crippen LogP contribution in [0.5, 0.6) is 0 Å². The third kappa shape index (κ3) is 2.10. The molecule has 2 aliphatic carbocycles. The number of ether oxygens (including phenoxy) is 1. The van der Waals surface area contributed by atoms with Gasteiger partial charge in [0.1, 0.15) is 0 Å². The maximum absolute atomic E-state index is 10.6. The molecule has 0 aromatic heterocycles. The molecule has 3 rings (SSSR count). The van der Waals surface area contributed by atoms with E-state index in [2.05, 4.69) is 18.7 Å². The lowest BCUT2D eigenvalue weighted by atomic mass is 9.86. The molecule has 4 unspecified atom stereocenters. The molecule has 3 aliphatic rings. The van der Waals surface area contributed by atoms with Crippen LogP contribution in [0.3, 0.4) is 0 Å². The maximum Gasteiger partial charge on any atom is 0.0746 e. The van der Waals surface area contributed by atoms with Crippen LogP contribution in [0.2, 0.25) is 0 Å². The van der Waals surface area contributed by atoms with Crippen molar-refractivity contribution in [1.82, 2.24) is 4.90 Å². The zero-order valence-electron chi connectivity index (χ0n) is 11.8. The maximum atomic E-state index is 10.6. The summed E-state index contributed by atoms with van der Waals surface area (Å²) in [6.07, 6.45) is 7.68. The molecule has 1 N–H and O–H groups in total. The van der Waals surface area contributed by atoms with Crippen LogP contribution < -0.4 is 0 Å². The fraction of sp³-hybridized carbons (Fsp3) is 1.00. The van der Waals surface area contributed by atoms with E-state index in [1.165, 1.54) is 25.7 Å². The van der Waals surface area contributed by atoms with E-state index in [1.807, 2.05) is 0 Å². The van der Waals surface area contributed by atoms with Crippen molar-refractivity contribution < 1.29 is 9.84 Å². The van der Waals surface area contributed by atoms with E-state index in [9.17, 15) is 5.11 Å². The molecule has 0 spiro atoms. The zero-order valence-corrected chi connectivity index (χ0v) is 11.8. The number of aliphatic hydroxyl groups excluding tert-OH is 1. The third-order valence-corrected chi connectivity index (χ3v) is 5.45. The zero-order chi connectivity index (χ0) is 12.8. The van der Waals surface area contributed by atoms with Gasteiger partial charge >= 0.3 is 0 Å². The van der Waals surface area contributed by atoms with Crippen molar-refractivity contribution in [2.45, 2.75) is 76.7 Å². The minimum atomic E-state index is -0.168. The Morgan fingerprint density at radius 3 is 2.61 bits per heavy atom. The van der Waals surface area contributed by atoms with Gasteiger partial charge in [0, 0.05) is 18.6 Å². The fourth-order valence-corrected chi connectivity index (χ4v) is 4.23. The van der Waals surface area contributed by atoms with Gasteiger partial charge in [-0.2, -0.15) is 0 Å². The van der Waals surface area contributed by atoms with Crippen molar-refractivity contribution in [2.75, 3.05) is 13.2 Å². The van der Waals surface area contributed by atoms with Gasteiger partial charge in [0.2, 0.25) is 0 Å². The highest BCUT2D eigenvalue weighted by molar-refractivity contribution is 5.00. The Labute approximate surface area is 110 Å². The molecule has 3 fully saturated rings. The van der Waals surface area contributed by atoms with Gasteiger partial charge in [0.15, 0.2) is 0 Å². The summed E-state index contributed by atoms with van der Waals surface area (Å²) in [6.45, 7) is 6.27. The van der Waals surface area contributed by atoms with Crippen LogP contribution in [-0.4, -0.2) is 47.4 Å². The predicted molar refractivity (Wildman–Crippen MR) is 71.5 cm³/mol. The summed E-state index contributed by atoms with van der Waals surface area (Å²) < 4.78 is 5.94. The SMILES string of the molecule is CC1(C)CCC(N2CCOC3CCCCC32)C1O. The summed E-state index contributed by atoms with van der Waals surface area (Å²) in [5.41, 5.74) is 0.0904. The highest BCUT2D eigenvalue weighted by Gasteiger charge is 2.47. The van der Waals surface area contributed by atoms with Crippen LogP contribution in [0.25, 0.3) is 0 Å². The molecule has 1 heterocycles. The van der Waals surface area contributed by atoms with Crippen LogP contribution in [-0.2, 0) is 4.74 Å². The van der Waals surface area contributed by atoms with Crippen LogP contribution in [0.4, 0.5) is 0 Å². The Morgan fingerprint density at radius 2 is 1.89 bits per heavy atom. The monoisotopic (exact) mass is 253 g/mol. The first kappa shape index (κ1) is 12.9. The summed E-state index contributed by atoms with van der Waals surface area (Å²) in [4.78, 5) is 2.59. The largest absolute Gasteiger partial charge is 0.391 e. The van der Waals surface area contributed by atoms with Gasteiger partial charge in [-0.25, -0.2) is 0 Å². The van der Waals surface area contributed by atoms with Crippen molar-refractivity contribution in [3.8, 4) is 0 Å². The van der Waals surface area contributed by atoms with E-state index in [0.717, 1.165) is 26.0 Å². The summed E-state index contributed by atoms with van der Waals surface area (Å²) in [5, 5.41) is 10.6. The lowest BCUT2D eigenvalue weighted by Crippen LogP contribution is -2.58. The molecule has 0 aromatic rings. The van der Waals surface area contributed by atoms with Gasteiger partial charge in [-0.15, -0.1) is 0 Å². The van der Waals surface area contributed by atoms with Crippen molar-refractivity contribution >= 4 is 0 Å². The Bertz CT molecular complexity index is 303. The second kappa shape index (κ2) is 4.77. The number of rotatable bonds is 1. The first-order valence-electron chi connectivity index (χ1n) is 7.65. The van der Waals surface area contributed by atoms with Crippen molar-refractivity contribution in [3.63, 3.8) is 0 Å². The van der Waals surface area contributed by atoms with Gasteiger partial charge in [-0.05, 0) is 31.1 Å². The van der Waals surface area contributed by atoms with E-state index in [1.54, 1.807) is 0 Å². The van der Waals surface area contributed by atoms with Crippen LogP contribution >= 0.6 is 0 Å². The minimum Gasteiger partial charge on any atom is -0.391 e. The second-order valence-electron chi connectivity index (χ2n) is 7.04. The summed E-state index contributed by atoms with van der Waals surface area (Å²) in [5.74, 6) is 0. The van der Waals surface area contributed by atoms with Gasteiger partial charge in [0.25, 0.3) is 0 Å². The molecule has 1 saturated heterocycles. The van der Waals surface area contributed by atoms with Gasteiger partial charge in [0.05, 0.1) is 18.8 Å². The summed E-state index contributed by atoms with van der Waals surface area (Å²) >= 11 is 0. The number of morpholine rings is 1. The molecule has 1 aliphatic heterocycles. The molecule has 0 amide bonds. The standard InChI is InChI=1S/C15H27NO2/c1-15(2)8-7-12(14(15)17)16-9-10-18-13-6-4-3-5-11(13)16/h11-14,17H,3-10H2,1-2H3. The first-order chi connectivity index (χ1) is 8.59. The first-order valence-corrected chi connectivity index (χ1v) is 7.65. The second-order valence-corrected chi connectivity index (χ2v) is 7.04. The minimum absolute atomic E-state index is 0.0904. The predicted octanol–water partition coefficient (Wildman–Crippen LogP) is 2.18. The number of fused-ring (bicyclic) bond motifs is 1. The molecule has 0 aromatic carbocycles. The molecule has 3 heteroatoms. The molecule has 0 bridgehead atoms. The molecular weight excluding hydrogens is 226 g/mol. The molecule has 3 nitrogen and oxygen atoms in total. The van der Waals surface area contributed by atoms with E-state index in [4.69, 9.17) is 4.74 Å². The molecule has 4 atom stereocenters. The van der Waals surface area contributed by atoms with E-state index in [0.29, 0.717) is 18.2 Å². The van der Waals surface area contributed by atoms with Gasteiger partial charge in [-0.1, -0.05) is 26.7 Å². The summed E-state index contributed by atoms with van der Waals surface area (Å²) in [6, 6.07) is 0.940. The van der Waals surface area contributed by atoms with Crippen molar-refractivity contribution in [2.24, 2.45) is 5.41 Å². The number of hydrogen-bond donors (Lipinski definition) is 1. The lowest BCUT2D eigenvalue weighted by Gasteiger charge is -2.47. The lowest BCUT2D eigenvalue weighted by molar-refractivity contribution is -0.119. The normalized spacial score (nSPS) is 44.8. The number of hydrogen-bond acceptors (Lipinski definition) is 3. The summed E-state index contributed by atoms with van der Waals surface area (Å²) in [7, 11) is 0. The van der Waals surface area contributed by atoms with Crippen LogP contribution in [0.1, 0.15) is 52.4 Å². The van der Waals surface area contributed by atoms with E-state index < -0.39 is 0 Å². The van der Waals surface area contributed by atoms with Gasteiger partial charge in [-0.3, -0.25) is 4.90 Å². The Balaban J connectivity index is 1.75. The quantitative estimate of drug-likeness (QED) is 0.777. The molecule has 104 valence electrons. The molecule has 2 saturated carbocycles. The Kier molecular flexibility index (Phi) is 3.41. The van der Waals surface area contributed by atoms with E-state index in [-0.39, 0.29) is 11.5 Å². The van der Waals surface area contributed by atoms with Gasteiger partial charge < -0.3 is 9.84 Å². The highest BCUT2D eigenvalue weighted by atomic mass is 16.5. The number of nitrogens with zero attached hydrogens (tertiary/aromatic N) is 1. The molecule has 18 heavy (non-hydrogen) atoms. The van der Waals surface area contributed by atoms with Crippen LogP contribution in [0, 0.1) is 5.41 Å². The van der Waals surface area contributed by atoms with Crippen LogP contribution in [0.15, 0.2) is 0 Å². The average molecular weight is 253 g/mol. The average Bonchev–Trinajstić information content (AvgIpc) is 2.64. The fourth-order valence-electron chi connectivity index (χ4n) is 4.23. The highest BCUT2D eigenvalue weighted by Crippen LogP contribution is 2.42. The van der Waals surface area contributed by atoms with E-state index >= 15 is 0 Å². The van der Waals surface area contributed by atoms with Crippen molar-refractivity contribution in [1.29, 1.82) is 0 Å². The molecule has 0 radical (unpaired) electrons. The topological polar surface area (TPSA) is 32.7 Å². The Morgan fingerprint density at radius 1 is 1.11 bits per heavy atom. The van der Waals surface area contributed by atoms with Crippen molar-refractivity contribution in [3.05, 3.63) is 0 Å².